The molecule has 1 heterocycles. The molecule has 3 heteroatoms. The van der Waals surface area contributed by atoms with Crippen LogP contribution in [0.25, 0.3) is 10.1 Å². The molecule has 1 aromatic heterocycles. The average Bonchev–Trinajstić information content (AvgIpc) is 2.59. The molecule has 0 bridgehead atoms. The van der Waals surface area contributed by atoms with Crippen LogP contribution in [0.15, 0.2) is 23.6 Å². The monoisotopic (exact) mass is 209 g/mol. The Hall–Kier alpha value is -0.930. The molecule has 2 rings (SSSR count). The van der Waals surface area contributed by atoms with E-state index in [1.54, 1.807) is 17.4 Å². The highest BCUT2D eigenvalue weighted by Crippen LogP contribution is 2.28. The Labute approximate surface area is 86.4 Å². The van der Waals surface area contributed by atoms with E-state index in [4.69, 9.17) is 5.73 Å². The van der Waals surface area contributed by atoms with Gasteiger partial charge in [-0.1, -0.05) is 6.07 Å². The minimum absolute atomic E-state index is 0.115. The first kappa shape index (κ1) is 9.62. The van der Waals surface area contributed by atoms with Crippen LogP contribution in [0.2, 0.25) is 0 Å². The van der Waals surface area contributed by atoms with E-state index >= 15 is 0 Å². The van der Waals surface area contributed by atoms with Gasteiger partial charge in [-0.3, -0.25) is 0 Å². The van der Waals surface area contributed by atoms with Gasteiger partial charge in [0.05, 0.1) is 0 Å². The second kappa shape index (κ2) is 4.07. The first-order valence-electron chi connectivity index (χ1n) is 4.67. The lowest BCUT2D eigenvalue weighted by molar-refractivity contribution is 0.638. The summed E-state index contributed by atoms with van der Waals surface area (Å²) in [6.45, 7) is 0.659. The van der Waals surface area contributed by atoms with Crippen molar-refractivity contribution < 1.29 is 4.39 Å². The van der Waals surface area contributed by atoms with Gasteiger partial charge in [-0.2, -0.15) is 0 Å². The fourth-order valence-electron chi connectivity index (χ4n) is 1.58. The number of nitrogens with two attached hydrogens (primary N) is 1. The van der Waals surface area contributed by atoms with Crippen LogP contribution in [-0.4, -0.2) is 6.54 Å². The van der Waals surface area contributed by atoms with Crippen LogP contribution in [0.4, 0.5) is 4.39 Å². The van der Waals surface area contributed by atoms with Gasteiger partial charge in [-0.05, 0) is 42.5 Å². The summed E-state index contributed by atoms with van der Waals surface area (Å²) in [4.78, 5) is 0. The summed E-state index contributed by atoms with van der Waals surface area (Å²) in [5.74, 6) is -0.115. The molecule has 0 unspecified atom stereocenters. The largest absolute Gasteiger partial charge is 0.330 e. The summed E-state index contributed by atoms with van der Waals surface area (Å²) in [5, 5.41) is 2.81. The Balaban J connectivity index is 2.45. The number of hydrogen-bond donors (Lipinski definition) is 1. The van der Waals surface area contributed by atoms with Gasteiger partial charge < -0.3 is 5.73 Å². The minimum atomic E-state index is -0.115. The molecule has 0 aliphatic heterocycles. The molecule has 0 saturated heterocycles. The Morgan fingerprint density at radius 1 is 1.36 bits per heavy atom. The van der Waals surface area contributed by atoms with Gasteiger partial charge in [0.15, 0.2) is 0 Å². The maximum atomic E-state index is 13.5. The maximum Gasteiger partial charge on any atom is 0.132 e. The molecule has 1 aromatic carbocycles. The lowest BCUT2D eigenvalue weighted by atomic mass is 10.1. The van der Waals surface area contributed by atoms with Gasteiger partial charge in [0.25, 0.3) is 0 Å². The van der Waals surface area contributed by atoms with E-state index in [-0.39, 0.29) is 5.82 Å². The molecule has 14 heavy (non-hydrogen) atoms. The van der Waals surface area contributed by atoms with Crippen LogP contribution in [-0.2, 0) is 6.42 Å². The normalized spacial score (nSPS) is 11.0. The molecule has 1 nitrogen and oxygen atoms in total. The zero-order chi connectivity index (χ0) is 9.97. The standard InChI is InChI=1S/C11H12FNS/c12-9-4-1-5-10-11(9)8(7-14-10)3-2-6-13/h1,4-5,7H,2-3,6,13H2. The quantitative estimate of drug-likeness (QED) is 0.826. The summed E-state index contributed by atoms with van der Waals surface area (Å²) in [6.07, 6.45) is 1.79. The van der Waals surface area contributed by atoms with Crippen molar-refractivity contribution in [3.63, 3.8) is 0 Å². The van der Waals surface area contributed by atoms with E-state index in [1.807, 2.05) is 11.4 Å². The van der Waals surface area contributed by atoms with Crippen LogP contribution in [0.3, 0.4) is 0 Å². The Kier molecular flexibility index (Phi) is 2.79. The molecule has 0 aliphatic rings. The van der Waals surface area contributed by atoms with Gasteiger partial charge >= 0.3 is 0 Å². The third-order valence-electron chi connectivity index (χ3n) is 2.27. The number of thiophene rings is 1. The lowest BCUT2D eigenvalue weighted by Crippen LogP contribution is -2.00. The third kappa shape index (κ3) is 1.65. The highest BCUT2D eigenvalue weighted by atomic mass is 32.1. The Morgan fingerprint density at radius 2 is 2.21 bits per heavy atom. The first-order chi connectivity index (χ1) is 6.83. The SMILES string of the molecule is NCCCc1csc2cccc(F)c12. The van der Waals surface area contributed by atoms with Crippen molar-refractivity contribution in [3.05, 3.63) is 35.0 Å². The molecule has 0 saturated carbocycles. The summed E-state index contributed by atoms with van der Waals surface area (Å²) >= 11 is 1.60. The second-order valence-electron chi connectivity index (χ2n) is 3.27. The number of rotatable bonds is 3. The average molecular weight is 209 g/mol. The van der Waals surface area contributed by atoms with E-state index < -0.39 is 0 Å². The Bertz CT molecular complexity index is 436. The number of hydrogen-bond acceptors (Lipinski definition) is 2. The molecule has 2 aromatic rings. The summed E-state index contributed by atoms with van der Waals surface area (Å²) in [6, 6.07) is 5.22. The van der Waals surface area contributed by atoms with Gasteiger partial charge in [-0.25, -0.2) is 4.39 Å². The highest BCUT2D eigenvalue weighted by molar-refractivity contribution is 7.17. The lowest BCUT2D eigenvalue weighted by Gasteiger charge is -1.98. The molecule has 0 radical (unpaired) electrons. The number of fused-ring (bicyclic) bond motifs is 1. The topological polar surface area (TPSA) is 26.0 Å². The molecule has 0 fully saturated rings. The van der Waals surface area contributed by atoms with E-state index in [2.05, 4.69) is 0 Å². The van der Waals surface area contributed by atoms with Crippen LogP contribution >= 0.6 is 11.3 Å². The second-order valence-corrected chi connectivity index (χ2v) is 4.18. The minimum Gasteiger partial charge on any atom is -0.330 e. The van der Waals surface area contributed by atoms with E-state index in [0.29, 0.717) is 6.54 Å². The van der Waals surface area contributed by atoms with Crippen molar-refractivity contribution in [2.75, 3.05) is 6.54 Å². The van der Waals surface area contributed by atoms with Gasteiger partial charge in [-0.15, -0.1) is 11.3 Å². The predicted octanol–water partition coefficient (Wildman–Crippen LogP) is 2.93. The number of halogens is 1. The Morgan fingerprint density at radius 3 is 3.00 bits per heavy atom. The van der Waals surface area contributed by atoms with Gasteiger partial charge in [0, 0.05) is 10.1 Å². The van der Waals surface area contributed by atoms with E-state index in [1.165, 1.54) is 6.07 Å². The van der Waals surface area contributed by atoms with Crippen molar-refractivity contribution in [1.29, 1.82) is 0 Å². The molecule has 0 spiro atoms. The zero-order valence-corrected chi connectivity index (χ0v) is 8.61. The number of benzene rings is 1. The van der Waals surface area contributed by atoms with Crippen molar-refractivity contribution in [1.82, 2.24) is 0 Å². The van der Waals surface area contributed by atoms with Crippen LogP contribution in [0, 0.1) is 5.82 Å². The molecular weight excluding hydrogens is 197 g/mol. The highest BCUT2D eigenvalue weighted by Gasteiger charge is 2.07. The molecular formula is C11H12FNS. The van der Waals surface area contributed by atoms with Crippen molar-refractivity contribution >= 4 is 21.4 Å². The van der Waals surface area contributed by atoms with Gasteiger partial charge in [0.2, 0.25) is 0 Å². The van der Waals surface area contributed by atoms with E-state index in [0.717, 1.165) is 28.5 Å². The van der Waals surface area contributed by atoms with Crippen LogP contribution in [0.1, 0.15) is 12.0 Å². The summed E-state index contributed by atoms with van der Waals surface area (Å²) < 4.78 is 14.5. The zero-order valence-electron chi connectivity index (χ0n) is 7.79. The summed E-state index contributed by atoms with van der Waals surface area (Å²) in [5.41, 5.74) is 6.53. The van der Waals surface area contributed by atoms with Crippen molar-refractivity contribution in [3.8, 4) is 0 Å². The van der Waals surface area contributed by atoms with E-state index in [9.17, 15) is 4.39 Å². The summed E-state index contributed by atoms with van der Waals surface area (Å²) in [7, 11) is 0. The smallest absolute Gasteiger partial charge is 0.132 e. The third-order valence-corrected chi connectivity index (χ3v) is 3.27. The molecule has 0 atom stereocenters. The maximum absolute atomic E-state index is 13.5. The van der Waals surface area contributed by atoms with Gasteiger partial charge in [0.1, 0.15) is 5.82 Å². The number of aryl methyl sites for hydroxylation is 1. The molecule has 0 amide bonds. The van der Waals surface area contributed by atoms with Crippen molar-refractivity contribution in [2.45, 2.75) is 12.8 Å². The van der Waals surface area contributed by atoms with Crippen molar-refractivity contribution in [2.24, 2.45) is 5.73 Å². The predicted molar refractivity (Wildman–Crippen MR) is 59.2 cm³/mol. The fraction of sp³-hybridized carbons (Fsp3) is 0.273. The van der Waals surface area contributed by atoms with Crippen LogP contribution in [0.5, 0.6) is 0 Å². The molecule has 2 N–H and O–H groups in total. The first-order valence-corrected chi connectivity index (χ1v) is 5.55. The van der Waals surface area contributed by atoms with Crippen LogP contribution < -0.4 is 5.73 Å². The fourth-order valence-corrected chi connectivity index (χ4v) is 2.59. The molecule has 0 aliphatic carbocycles. The molecule has 74 valence electrons.